The number of aliphatic hydroxyl groups excluding tert-OH is 1. The fraction of sp³-hybridized carbons (Fsp3) is 1.00. The molecule has 0 radical (unpaired) electrons. The fourth-order valence-corrected chi connectivity index (χ4v) is 2.41. The van der Waals surface area contributed by atoms with E-state index in [-0.39, 0.29) is 6.10 Å². The number of ether oxygens (including phenoxy) is 1. The number of aliphatic hydroxyl groups is 1. The summed E-state index contributed by atoms with van der Waals surface area (Å²) in [5, 5.41) is 13.5. The lowest BCUT2D eigenvalue weighted by Crippen LogP contribution is -2.57. The molecule has 1 rings (SSSR count). The molecule has 1 aliphatic heterocycles. The van der Waals surface area contributed by atoms with Crippen molar-refractivity contribution in [3.63, 3.8) is 0 Å². The third-order valence-electron chi connectivity index (χ3n) is 3.54. The number of rotatable bonds is 7. The largest absolute Gasteiger partial charge is 0.389 e. The Morgan fingerprint density at radius 1 is 1.35 bits per heavy atom. The molecule has 4 nitrogen and oxygen atoms in total. The standard InChI is InChI=1S/C13H28N2O2/c1-4-11-8-15(12(5-2)7-14-11)9-13(16)10-17-6-3/h11-14,16H,4-10H2,1-3H3. The molecular formula is C13H28N2O2. The van der Waals surface area contributed by atoms with Gasteiger partial charge in [-0.1, -0.05) is 13.8 Å². The van der Waals surface area contributed by atoms with Gasteiger partial charge in [0.25, 0.3) is 0 Å². The van der Waals surface area contributed by atoms with Crippen LogP contribution >= 0.6 is 0 Å². The highest BCUT2D eigenvalue weighted by Gasteiger charge is 2.27. The summed E-state index contributed by atoms with van der Waals surface area (Å²) >= 11 is 0. The molecule has 0 aromatic heterocycles. The summed E-state index contributed by atoms with van der Waals surface area (Å²) in [6, 6.07) is 1.12. The maximum atomic E-state index is 9.92. The molecule has 0 aliphatic carbocycles. The van der Waals surface area contributed by atoms with E-state index in [1.165, 1.54) is 0 Å². The summed E-state index contributed by atoms with van der Waals surface area (Å²) in [7, 11) is 0. The SMILES string of the molecule is CCOCC(O)CN1CC(CC)NCC1CC. The predicted molar refractivity (Wildman–Crippen MR) is 70.2 cm³/mol. The van der Waals surface area contributed by atoms with Crippen LogP contribution in [0, 0.1) is 0 Å². The Morgan fingerprint density at radius 2 is 2.12 bits per heavy atom. The number of β-amino-alcohol motifs (C(OH)–C–C–N with tert-alkyl or cyclic N) is 1. The number of hydrogen-bond donors (Lipinski definition) is 2. The zero-order valence-corrected chi connectivity index (χ0v) is 11.5. The van der Waals surface area contributed by atoms with Gasteiger partial charge in [0.15, 0.2) is 0 Å². The molecule has 2 N–H and O–H groups in total. The smallest absolute Gasteiger partial charge is 0.0900 e. The van der Waals surface area contributed by atoms with E-state index in [9.17, 15) is 5.11 Å². The van der Waals surface area contributed by atoms with Crippen molar-refractivity contribution in [1.29, 1.82) is 0 Å². The first-order valence-electron chi connectivity index (χ1n) is 6.94. The maximum Gasteiger partial charge on any atom is 0.0900 e. The first-order valence-corrected chi connectivity index (χ1v) is 6.94. The van der Waals surface area contributed by atoms with Crippen LogP contribution < -0.4 is 5.32 Å². The van der Waals surface area contributed by atoms with Crippen LogP contribution in [-0.2, 0) is 4.74 Å². The van der Waals surface area contributed by atoms with Crippen LogP contribution in [-0.4, -0.2) is 61.0 Å². The lowest BCUT2D eigenvalue weighted by atomic mass is 10.0. The second kappa shape index (κ2) is 8.03. The second-order valence-corrected chi connectivity index (χ2v) is 4.84. The molecule has 1 saturated heterocycles. The summed E-state index contributed by atoms with van der Waals surface area (Å²) in [6.45, 7) is 10.3. The second-order valence-electron chi connectivity index (χ2n) is 4.84. The van der Waals surface area contributed by atoms with Crippen molar-refractivity contribution >= 4 is 0 Å². The molecule has 0 bridgehead atoms. The summed E-state index contributed by atoms with van der Waals surface area (Å²) in [4.78, 5) is 2.41. The van der Waals surface area contributed by atoms with Crippen LogP contribution in [0.3, 0.4) is 0 Å². The third kappa shape index (κ3) is 4.92. The first-order chi connectivity index (χ1) is 8.21. The van der Waals surface area contributed by atoms with Gasteiger partial charge >= 0.3 is 0 Å². The Morgan fingerprint density at radius 3 is 2.71 bits per heavy atom. The summed E-state index contributed by atoms with van der Waals surface area (Å²) < 4.78 is 5.27. The fourth-order valence-electron chi connectivity index (χ4n) is 2.41. The van der Waals surface area contributed by atoms with Gasteiger partial charge in [-0.05, 0) is 19.8 Å². The summed E-state index contributed by atoms with van der Waals surface area (Å²) in [5.74, 6) is 0. The zero-order valence-electron chi connectivity index (χ0n) is 11.5. The molecule has 1 aliphatic rings. The van der Waals surface area contributed by atoms with E-state index in [1.807, 2.05) is 6.92 Å². The molecular weight excluding hydrogens is 216 g/mol. The highest BCUT2D eigenvalue weighted by Crippen LogP contribution is 2.12. The molecule has 0 aromatic rings. The molecule has 102 valence electrons. The molecule has 1 fully saturated rings. The molecule has 3 atom stereocenters. The Hall–Kier alpha value is -0.160. The zero-order chi connectivity index (χ0) is 12.7. The van der Waals surface area contributed by atoms with Crippen LogP contribution in [0.1, 0.15) is 33.6 Å². The van der Waals surface area contributed by atoms with E-state index in [1.54, 1.807) is 0 Å². The Bertz CT molecular complexity index is 202. The van der Waals surface area contributed by atoms with Crippen LogP contribution in [0.5, 0.6) is 0 Å². The molecule has 4 heteroatoms. The van der Waals surface area contributed by atoms with Gasteiger partial charge in [-0.3, -0.25) is 4.90 Å². The summed E-state index contributed by atoms with van der Waals surface area (Å²) in [6.07, 6.45) is 1.92. The van der Waals surface area contributed by atoms with Gasteiger partial charge in [-0.2, -0.15) is 0 Å². The van der Waals surface area contributed by atoms with Crippen molar-refractivity contribution in [3.8, 4) is 0 Å². The van der Waals surface area contributed by atoms with Gasteiger partial charge in [0.2, 0.25) is 0 Å². The Balaban J connectivity index is 2.40. The molecule has 0 amide bonds. The van der Waals surface area contributed by atoms with Crippen molar-refractivity contribution in [2.24, 2.45) is 0 Å². The highest BCUT2D eigenvalue weighted by molar-refractivity contribution is 4.85. The predicted octanol–water partition coefficient (Wildman–Crippen LogP) is 0.846. The van der Waals surface area contributed by atoms with Crippen LogP contribution in [0.4, 0.5) is 0 Å². The lowest BCUT2D eigenvalue weighted by Gasteiger charge is -2.40. The number of piperazine rings is 1. The van der Waals surface area contributed by atoms with Crippen LogP contribution in [0.15, 0.2) is 0 Å². The van der Waals surface area contributed by atoms with Gasteiger partial charge in [0.05, 0.1) is 12.7 Å². The topological polar surface area (TPSA) is 44.7 Å². The van der Waals surface area contributed by atoms with Gasteiger partial charge < -0.3 is 15.2 Å². The number of nitrogens with one attached hydrogen (secondary N) is 1. The van der Waals surface area contributed by atoms with E-state index in [2.05, 4.69) is 24.1 Å². The van der Waals surface area contributed by atoms with Crippen molar-refractivity contribution in [3.05, 3.63) is 0 Å². The highest BCUT2D eigenvalue weighted by atomic mass is 16.5. The third-order valence-corrected chi connectivity index (χ3v) is 3.54. The molecule has 0 aromatic carbocycles. The molecule has 17 heavy (non-hydrogen) atoms. The molecule has 0 saturated carbocycles. The monoisotopic (exact) mass is 244 g/mol. The normalized spacial score (nSPS) is 28.2. The van der Waals surface area contributed by atoms with Crippen LogP contribution in [0.2, 0.25) is 0 Å². The Kier molecular flexibility index (Phi) is 7.04. The summed E-state index contributed by atoms with van der Waals surface area (Å²) in [5.41, 5.74) is 0. The van der Waals surface area contributed by atoms with Gasteiger partial charge in [-0.15, -0.1) is 0 Å². The molecule has 3 unspecified atom stereocenters. The van der Waals surface area contributed by atoms with Gasteiger partial charge in [0, 0.05) is 38.3 Å². The maximum absolute atomic E-state index is 9.92. The molecule has 1 heterocycles. The number of nitrogens with zero attached hydrogens (tertiary/aromatic N) is 1. The average molecular weight is 244 g/mol. The van der Waals surface area contributed by atoms with E-state index in [4.69, 9.17) is 4.74 Å². The molecule has 0 spiro atoms. The van der Waals surface area contributed by atoms with Crippen molar-refractivity contribution < 1.29 is 9.84 Å². The minimum atomic E-state index is -0.361. The van der Waals surface area contributed by atoms with Crippen molar-refractivity contribution in [2.45, 2.75) is 51.8 Å². The van der Waals surface area contributed by atoms with E-state index < -0.39 is 0 Å². The van der Waals surface area contributed by atoms with Crippen molar-refractivity contribution in [2.75, 3.05) is 32.8 Å². The van der Waals surface area contributed by atoms with E-state index >= 15 is 0 Å². The van der Waals surface area contributed by atoms with E-state index in [0.29, 0.717) is 25.3 Å². The lowest BCUT2D eigenvalue weighted by molar-refractivity contribution is 0.00233. The minimum Gasteiger partial charge on any atom is -0.389 e. The van der Waals surface area contributed by atoms with Crippen molar-refractivity contribution in [1.82, 2.24) is 10.2 Å². The first kappa shape index (κ1) is 14.9. The Labute approximate surface area is 105 Å². The van der Waals surface area contributed by atoms with Gasteiger partial charge in [0.1, 0.15) is 0 Å². The quantitative estimate of drug-likeness (QED) is 0.697. The minimum absolute atomic E-state index is 0.361. The average Bonchev–Trinajstić information content (AvgIpc) is 2.36. The van der Waals surface area contributed by atoms with Gasteiger partial charge in [-0.25, -0.2) is 0 Å². The van der Waals surface area contributed by atoms with Crippen LogP contribution in [0.25, 0.3) is 0 Å². The van der Waals surface area contributed by atoms with E-state index in [0.717, 1.165) is 32.5 Å². The number of hydrogen-bond acceptors (Lipinski definition) is 4.